The Morgan fingerprint density at radius 3 is 2.23 bits per heavy atom. The molecule has 0 spiro atoms. The van der Waals surface area contributed by atoms with Crippen molar-refractivity contribution in [2.75, 3.05) is 18.5 Å². The Morgan fingerprint density at radius 2 is 1.64 bits per heavy atom. The van der Waals surface area contributed by atoms with Gasteiger partial charge in [-0.1, -0.05) is 18.2 Å². The monoisotopic (exact) mass is 319 g/mol. The zero-order valence-electron chi connectivity index (χ0n) is 12.5. The highest BCUT2D eigenvalue weighted by Gasteiger charge is 2.20. The maximum Gasteiger partial charge on any atom is 0.430 e. The third-order valence-electron chi connectivity index (χ3n) is 2.82. The van der Waals surface area contributed by atoms with Crippen molar-refractivity contribution >= 4 is 17.1 Å². The minimum atomic E-state index is 0. The quantitative estimate of drug-likeness (QED) is 0.824. The van der Waals surface area contributed by atoms with Gasteiger partial charge in [-0.25, -0.2) is 0 Å². The van der Waals surface area contributed by atoms with Crippen LogP contribution in [-0.4, -0.2) is 13.2 Å². The van der Waals surface area contributed by atoms with Crippen molar-refractivity contribution in [3.05, 3.63) is 47.4 Å². The third-order valence-corrected chi connectivity index (χ3v) is 2.82. The van der Waals surface area contributed by atoms with E-state index < -0.39 is 0 Å². The molecule has 2 aromatic carbocycles. The van der Waals surface area contributed by atoms with Gasteiger partial charge in [0.25, 0.3) is 0 Å². The predicted molar refractivity (Wildman–Crippen MR) is 83.2 cm³/mol. The van der Waals surface area contributed by atoms with Crippen LogP contribution in [0.15, 0.2) is 42.5 Å². The van der Waals surface area contributed by atoms with Gasteiger partial charge in [-0.05, 0) is 26.0 Å². The van der Waals surface area contributed by atoms with Crippen LogP contribution in [0.5, 0.6) is 11.5 Å². The topological polar surface area (TPSA) is 58.6 Å². The van der Waals surface area contributed by atoms with Crippen LogP contribution in [0.2, 0.25) is 0 Å². The van der Waals surface area contributed by atoms with Gasteiger partial charge in [0.15, 0.2) is 10.7 Å². The second-order valence-corrected chi connectivity index (χ2v) is 4.27. The van der Waals surface area contributed by atoms with E-state index in [2.05, 4.69) is 10.3 Å². The molecule has 2 rings (SSSR count). The van der Waals surface area contributed by atoms with E-state index in [1.807, 2.05) is 44.2 Å². The number of ether oxygens (including phenoxy) is 2. The number of hydrogen-bond donors (Lipinski definition) is 1. The Balaban J connectivity index is 0.00000242. The SMILES string of the molecule is CCOc1cc(Nc2ccccc2)c(OCC)cc1[N+]#N.[Cl-]. The third kappa shape index (κ3) is 4.27. The lowest BCUT2D eigenvalue weighted by atomic mass is 10.2. The molecule has 0 amide bonds. The number of rotatable bonds is 6. The van der Waals surface area contributed by atoms with Crippen LogP contribution in [0.25, 0.3) is 4.98 Å². The van der Waals surface area contributed by atoms with Crippen LogP contribution in [0.3, 0.4) is 0 Å². The molecule has 0 unspecified atom stereocenters. The highest BCUT2D eigenvalue weighted by molar-refractivity contribution is 5.75. The van der Waals surface area contributed by atoms with Crippen LogP contribution >= 0.6 is 0 Å². The first kappa shape index (κ1) is 17.6. The Kier molecular flexibility index (Phi) is 7.00. The van der Waals surface area contributed by atoms with Gasteiger partial charge in [0.05, 0.1) is 25.0 Å². The molecular formula is C16H18ClN3O2. The lowest BCUT2D eigenvalue weighted by molar-refractivity contribution is -0.00000553. The summed E-state index contributed by atoms with van der Waals surface area (Å²) in [7, 11) is 0. The second kappa shape index (κ2) is 8.75. The smallest absolute Gasteiger partial charge is 0.430 e. The van der Waals surface area contributed by atoms with Gasteiger partial charge in [-0.3, -0.25) is 0 Å². The number of benzene rings is 2. The van der Waals surface area contributed by atoms with Crippen molar-refractivity contribution in [2.45, 2.75) is 13.8 Å². The van der Waals surface area contributed by atoms with E-state index in [9.17, 15) is 0 Å². The van der Waals surface area contributed by atoms with Crippen LogP contribution in [0, 0.1) is 5.39 Å². The van der Waals surface area contributed by atoms with Gasteiger partial charge < -0.3 is 27.2 Å². The molecule has 0 atom stereocenters. The lowest BCUT2D eigenvalue weighted by Gasteiger charge is -2.13. The molecule has 0 radical (unpaired) electrons. The van der Waals surface area contributed by atoms with Crippen molar-refractivity contribution in [3.8, 4) is 11.5 Å². The number of nitrogens with zero attached hydrogens (tertiary/aromatic N) is 2. The number of para-hydroxylation sites is 1. The predicted octanol–water partition coefficient (Wildman–Crippen LogP) is 1.72. The largest absolute Gasteiger partial charge is 1.00 e. The first-order valence-corrected chi connectivity index (χ1v) is 6.89. The standard InChI is InChI=1S/C16H18N3O2.ClH/c1-3-20-15-11-14(19-17)16(21-4-2)10-13(15)18-12-8-6-5-7-9-12;/h5-11,18H,3-4H2,1-2H3;1H/q+1;/p-1. The van der Waals surface area contributed by atoms with E-state index >= 15 is 0 Å². The maximum absolute atomic E-state index is 9.09. The van der Waals surface area contributed by atoms with Crippen molar-refractivity contribution in [1.29, 1.82) is 5.39 Å². The Morgan fingerprint density at radius 1 is 1.00 bits per heavy atom. The molecule has 5 nitrogen and oxygen atoms in total. The van der Waals surface area contributed by atoms with E-state index in [1.165, 1.54) is 0 Å². The fourth-order valence-electron chi connectivity index (χ4n) is 1.95. The molecule has 0 fully saturated rings. The van der Waals surface area contributed by atoms with Crippen LogP contribution in [0.4, 0.5) is 17.1 Å². The molecule has 1 N–H and O–H groups in total. The molecule has 0 aliphatic rings. The van der Waals surface area contributed by atoms with Gasteiger partial charge in [0, 0.05) is 11.8 Å². The molecule has 116 valence electrons. The van der Waals surface area contributed by atoms with E-state index in [-0.39, 0.29) is 12.4 Å². The molecule has 22 heavy (non-hydrogen) atoms. The van der Waals surface area contributed by atoms with E-state index in [0.29, 0.717) is 30.4 Å². The summed E-state index contributed by atoms with van der Waals surface area (Å²) in [6.45, 7) is 4.78. The zero-order valence-corrected chi connectivity index (χ0v) is 13.3. The lowest BCUT2D eigenvalue weighted by Crippen LogP contribution is -3.00. The van der Waals surface area contributed by atoms with E-state index in [4.69, 9.17) is 14.9 Å². The summed E-state index contributed by atoms with van der Waals surface area (Å²) < 4.78 is 11.1. The molecule has 0 aromatic heterocycles. The van der Waals surface area contributed by atoms with E-state index in [0.717, 1.165) is 11.4 Å². The highest BCUT2D eigenvalue weighted by Crippen LogP contribution is 2.39. The fourth-order valence-corrected chi connectivity index (χ4v) is 1.95. The first-order valence-electron chi connectivity index (χ1n) is 6.89. The molecule has 0 aliphatic heterocycles. The summed E-state index contributed by atoms with van der Waals surface area (Å²) in [5, 5.41) is 12.4. The van der Waals surface area contributed by atoms with Gasteiger partial charge in [0.1, 0.15) is 0 Å². The number of hydrogen-bond acceptors (Lipinski definition) is 4. The molecule has 0 heterocycles. The van der Waals surface area contributed by atoms with Gasteiger partial charge >= 0.3 is 5.69 Å². The Hall–Kier alpha value is -2.45. The number of halogens is 1. The second-order valence-electron chi connectivity index (χ2n) is 4.27. The molecule has 0 saturated heterocycles. The van der Waals surface area contributed by atoms with Crippen molar-refractivity contribution in [1.82, 2.24) is 0 Å². The average Bonchev–Trinajstić information content (AvgIpc) is 2.51. The molecule has 2 aromatic rings. The van der Waals surface area contributed by atoms with Crippen molar-refractivity contribution in [2.24, 2.45) is 0 Å². The summed E-state index contributed by atoms with van der Waals surface area (Å²) in [6.07, 6.45) is 0. The van der Waals surface area contributed by atoms with Gasteiger partial charge in [-0.2, -0.15) is 0 Å². The first-order chi connectivity index (χ1) is 10.3. The summed E-state index contributed by atoms with van der Waals surface area (Å²) in [5.74, 6) is 1.11. The van der Waals surface area contributed by atoms with Crippen LogP contribution in [-0.2, 0) is 0 Å². The molecule has 6 heteroatoms. The fraction of sp³-hybridized carbons (Fsp3) is 0.250. The number of nitrogens with one attached hydrogen (secondary N) is 1. The summed E-state index contributed by atoms with van der Waals surface area (Å²) >= 11 is 0. The molecule has 0 aliphatic carbocycles. The molecule has 0 saturated carbocycles. The van der Waals surface area contributed by atoms with Crippen LogP contribution < -0.4 is 27.2 Å². The Bertz CT molecular complexity index is 642. The molecular weight excluding hydrogens is 302 g/mol. The van der Waals surface area contributed by atoms with Crippen molar-refractivity contribution in [3.63, 3.8) is 0 Å². The minimum absolute atomic E-state index is 0. The van der Waals surface area contributed by atoms with E-state index in [1.54, 1.807) is 12.1 Å². The van der Waals surface area contributed by atoms with Crippen molar-refractivity contribution < 1.29 is 21.9 Å². The average molecular weight is 320 g/mol. The summed E-state index contributed by atoms with van der Waals surface area (Å²) in [4.78, 5) is 3.25. The summed E-state index contributed by atoms with van der Waals surface area (Å²) in [6, 6.07) is 13.2. The zero-order chi connectivity index (χ0) is 15.1. The normalized spacial score (nSPS) is 9.32. The number of anilines is 2. The Labute approximate surface area is 136 Å². The van der Waals surface area contributed by atoms with Crippen LogP contribution in [0.1, 0.15) is 13.8 Å². The number of diazo groups is 1. The molecule has 0 bridgehead atoms. The van der Waals surface area contributed by atoms with Gasteiger partial charge in [-0.15, -0.1) is 0 Å². The summed E-state index contributed by atoms with van der Waals surface area (Å²) in [5.41, 5.74) is 2.05. The maximum atomic E-state index is 9.09. The highest BCUT2D eigenvalue weighted by atomic mass is 35.5. The van der Waals surface area contributed by atoms with Gasteiger partial charge in [0.2, 0.25) is 11.1 Å². The minimum Gasteiger partial charge on any atom is -1.00 e.